The smallest absolute Gasteiger partial charge is 0.148 e. The Labute approximate surface area is 82.8 Å². The maximum Gasteiger partial charge on any atom is 0.148 e. The van der Waals surface area contributed by atoms with Gasteiger partial charge in [0.2, 0.25) is 0 Å². The van der Waals surface area contributed by atoms with Gasteiger partial charge < -0.3 is 0 Å². The largest absolute Gasteiger partial charge is 0.229 e. The predicted molar refractivity (Wildman–Crippen MR) is 54.4 cm³/mol. The van der Waals surface area contributed by atoms with Crippen LogP contribution in [0.4, 0.5) is 0 Å². The summed E-state index contributed by atoms with van der Waals surface area (Å²) in [7, 11) is -2.77. The van der Waals surface area contributed by atoms with E-state index >= 15 is 0 Å². The van der Waals surface area contributed by atoms with Crippen molar-refractivity contribution in [2.45, 2.75) is 25.7 Å². The van der Waals surface area contributed by atoms with Crippen molar-refractivity contribution in [2.75, 3.05) is 17.3 Å². The van der Waals surface area contributed by atoms with Crippen molar-refractivity contribution in [3.8, 4) is 0 Å². The van der Waals surface area contributed by atoms with Crippen LogP contribution in [-0.2, 0) is 9.84 Å². The SMILES string of the molecule is CS(=O)(=O)CC1(CCCBr)CC1. The van der Waals surface area contributed by atoms with Gasteiger partial charge in [0, 0.05) is 11.6 Å². The molecule has 72 valence electrons. The first kappa shape index (κ1) is 10.5. The minimum atomic E-state index is -2.77. The molecule has 0 bridgehead atoms. The molecular formula is C8H15BrO2S. The molecule has 0 aromatic rings. The Balaban J connectivity index is 2.40. The highest BCUT2D eigenvalue weighted by Gasteiger charge is 2.44. The second kappa shape index (κ2) is 3.66. The topological polar surface area (TPSA) is 34.1 Å². The van der Waals surface area contributed by atoms with Gasteiger partial charge in [0.15, 0.2) is 0 Å². The quantitative estimate of drug-likeness (QED) is 0.704. The zero-order valence-electron chi connectivity index (χ0n) is 7.35. The number of hydrogen-bond acceptors (Lipinski definition) is 2. The van der Waals surface area contributed by atoms with E-state index in [0.717, 1.165) is 31.0 Å². The van der Waals surface area contributed by atoms with Crippen LogP contribution >= 0.6 is 15.9 Å². The van der Waals surface area contributed by atoms with Crippen LogP contribution < -0.4 is 0 Å². The molecule has 0 radical (unpaired) electrons. The zero-order valence-corrected chi connectivity index (χ0v) is 9.75. The van der Waals surface area contributed by atoms with Crippen LogP contribution in [0.1, 0.15) is 25.7 Å². The molecule has 0 aromatic carbocycles. The molecule has 0 spiro atoms. The maximum atomic E-state index is 11.0. The lowest BCUT2D eigenvalue weighted by Gasteiger charge is -2.11. The van der Waals surface area contributed by atoms with E-state index in [1.54, 1.807) is 0 Å². The number of alkyl halides is 1. The van der Waals surface area contributed by atoms with Gasteiger partial charge in [-0.2, -0.15) is 0 Å². The molecule has 0 saturated heterocycles. The molecule has 0 N–H and O–H groups in total. The average molecular weight is 255 g/mol. The van der Waals surface area contributed by atoms with Gasteiger partial charge in [-0.25, -0.2) is 8.42 Å². The normalized spacial score (nSPS) is 20.8. The highest BCUT2D eigenvalue weighted by Crippen LogP contribution is 2.50. The van der Waals surface area contributed by atoms with Crippen molar-refractivity contribution in [3.63, 3.8) is 0 Å². The van der Waals surface area contributed by atoms with Crippen LogP contribution in [-0.4, -0.2) is 25.8 Å². The Morgan fingerprint density at radius 1 is 1.42 bits per heavy atom. The summed E-state index contributed by atoms with van der Waals surface area (Å²) in [5, 5.41) is 0.985. The summed E-state index contributed by atoms with van der Waals surface area (Å²) in [4.78, 5) is 0. The molecule has 0 unspecified atom stereocenters. The fourth-order valence-corrected chi connectivity index (χ4v) is 3.47. The van der Waals surface area contributed by atoms with Crippen molar-refractivity contribution in [2.24, 2.45) is 5.41 Å². The third-order valence-electron chi connectivity index (χ3n) is 2.37. The fraction of sp³-hybridized carbons (Fsp3) is 1.00. The van der Waals surface area contributed by atoms with E-state index in [1.807, 2.05) is 0 Å². The lowest BCUT2D eigenvalue weighted by atomic mass is 10.0. The molecule has 1 aliphatic carbocycles. The summed E-state index contributed by atoms with van der Waals surface area (Å²) in [6.45, 7) is 0. The molecular weight excluding hydrogens is 240 g/mol. The second-order valence-corrected chi connectivity index (χ2v) is 6.80. The van der Waals surface area contributed by atoms with Crippen LogP contribution in [0.5, 0.6) is 0 Å². The van der Waals surface area contributed by atoms with Gasteiger partial charge in [0.05, 0.1) is 5.75 Å². The number of sulfone groups is 1. The van der Waals surface area contributed by atoms with Crippen molar-refractivity contribution < 1.29 is 8.42 Å². The Morgan fingerprint density at radius 2 is 2.00 bits per heavy atom. The first-order valence-corrected chi connectivity index (χ1v) is 7.39. The van der Waals surface area contributed by atoms with Gasteiger partial charge in [-0.1, -0.05) is 15.9 Å². The van der Waals surface area contributed by atoms with E-state index in [4.69, 9.17) is 0 Å². The van der Waals surface area contributed by atoms with Gasteiger partial charge in [0.25, 0.3) is 0 Å². The minimum Gasteiger partial charge on any atom is -0.229 e. The summed E-state index contributed by atoms with van der Waals surface area (Å²) in [5.74, 6) is 0.396. The van der Waals surface area contributed by atoms with Crippen LogP contribution in [0.25, 0.3) is 0 Å². The van der Waals surface area contributed by atoms with Gasteiger partial charge in [-0.05, 0) is 31.1 Å². The van der Waals surface area contributed by atoms with E-state index in [9.17, 15) is 8.42 Å². The first-order chi connectivity index (χ1) is 5.47. The Kier molecular flexibility index (Phi) is 3.21. The van der Waals surface area contributed by atoms with Gasteiger partial charge in [-0.15, -0.1) is 0 Å². The predicted octanol–water partition coefficient (Wildman–Crippen LogP) is 1.99. The molecule has 1 saturated carbocycles. The number of rotatable bonds is 5. The molecule has 0 amide bonds. The lowest BCUT2D eigenvalue weighted by Crippen LogP contribution is -2.15. The molecule has 0 aromatic heterocycles. The van der Waals surface area contributed by atoms with Crippen molar-refractivity contribution in [1.29, 1.82) is 0 Å². The van der Waals surface area contributed by atoms with Crippen molar-refractivity contribution in [1.82, 2.24) is 0 Å². The Morgan fingerprint density at radius 3 is 2.33 bits per heavy atom. The summed E-state index contributed by atoms with van der Waals surface area (Å²) in [6.07, 6.45) is 5.70. The van der Waals surface area contributed by atoms with E-state index in [1.165, 1.54) is 6.26 Å². The summed E-state index contributed by atoms with van der Waals surface area (Å²) >= 11 is 3.36. The third kappa shape index (κ3) is 3.44. The zero-order chi connectivity index (χ0) is 9.24. The Hall–Kier alpha value is 0.430. The average Bonchev–Trinajstić information content (AvgIpc) is 2.62. The van der Waals surface area contributed by atoms with Crippen LogP contribution in [0.15, 0.2) is 0 Å². The Bertz CT molecular complexity index is 242. The molecule has 1 fully saturated rings. The van der Waals surface area contributed by atoms with Gasteiger partial charge in [0.1, 0.15) is 9.84 Å². The first-order valence-electron chi connectivity index (χ1n) is 4.21. The molecule has 1 aliphatic rings. The number of halogens is 1. The summed E-state index contributed by atoms with van der Waals surface area (Å²) in [5.41, 5.74) is 0.168. The molecule has 4 heteroatoms. The van der Waals surface area contributed by atoms with E-state index in [0.29, 0.717) is 5.75 Å². The van der Waals surface area contributed by atoms with Gasteiger partial charge in [-0.3, -0.25) is 0 Å². The second-order valence-electron chi connectivity index (χ2n) is 3.86. The van der Waals surface area contributed by atoms with Crippen LogP contribution in [0.2, 0.25) is 0 Å². The van der Waals surface area contributed by atoms with E-state index in [2.05, 4.69) is 15.9 Å². The summed E-state index contributed by atoms with van der Waals surface area (Å²) < 4.78 is 22.1. The van der Waals surface area contributed by atoms with Crippen molar-refractivity contribution in [3.05, 3.63) is 0 Å². The summed E-state index contributed by atoms with van der Waals surface area (Å²) in [6, 6.07) is 0. The number of hydrogen-bond donors (Lipinski definition) is 0. The minimum absolute atomic E-state index is 0.168. The molecule has 12 heavy (non-hydrogen) atoms. The molecule has 0 aliphatic heterocycles. The molecule has 2 nitrogen and oxygen atoms in total. The third-order valence-corrected chi connectivity index (χ3v) is 4.06. The standard InChI is InChI=1S/C8H15BrO2S/c1-12(10,11)7-8(4-5-8)3-2-6-9/h2-7H2,1H3. The lowest BCUT2D eigenvalue weighted by molar-refractivity contribution is 0.502. The van der Waals surface area contributed by atoms with Crippen molar-refractivity contribution >= 4 is 25.8 Å². The molecule has 0 atom stereocenters. The highest BCUT2D eigenvalue weighted by molar-refractivity contribution is 9.09. The van der Waals surface area contributed by atoms with E-state index < -0.39 is 9.84 Å². The van der Waals surface area contributed by atoms with Crippen LogP contribution in [0.3, 0.4) is 0 Å². The molecule has 0 heterocycles. The fourth-order valence-electron chi connectivity index (χ4n) is 1.64. The van der Waals surface area contributed by atoms with Gasteiger partial charge >= 0.3 is 0 Å². The van der Waals surface area contributed by atoms with Crippen LogP contribution in [0, 0.1) is 5.41 Å². The monoisotopic (exact) mass is 254 g/mol. The maximum absolute atomic E-state index is 11.0. The molecule has 1 rings (SSSR count). The highest BCUT2D eigenvalue weighted by atomic mass is 79.9. The van der Waals surface area contributed by atoms with E-state index in [-0.39, 0.29) is 5.41 Å².